The fourth-order valence-electron chi connectivity index (χ4n) is 2.02. The van der Waals surface area contributed by atoms with Gasteiger partial charge in [0, 0.05) is 12.8 Å². The summed E-state index contributed by atoms with van der Waals surface area (Å²) in [6, 6.07) is 0. The van der Waals surface area contributed by atoms with Crippen LogP contribution in [0.15, 0.2) is 0 Å². The van der Waals surface area contributed by atoms with E-state index in [9.17, 15) is 19.2 Å². The number of unbranched alkanes of at least 4 members (excludes halogenated alkanes) is 3. The van der Waals surface area contributed by atoms with Gasteiger partial charge < -0.3 is 18.9 Å². The van der Waals surface area contributed by atoms with E-state index in [1.807, 2.05) is 13.8 Å². The molecule has 0 saturated heterocycles. The Labute approximate surface area is 167 Å². The van der Waals surface area contributed by atoms with Crippen LogP contribution in [0.3, 0.4) is 0 Å². The first-order valence-electron chi connectivity index (χ1n) is 10.0. The van der Waals surface area contributed by atoms with Crippen molar-refractivity contribution in [2.24, 2.45) is 0 Å². The summed E-state index contributed by atoms with van der Waals surface area (Å²) in [6.45, 7) is 7.50. The minimum absolute atomic E-state index is 0.0779. The molecule has 0 aromatic rings. The minimum atomic E-state index is -0.950. The molecule has 0 aliphatic heterocycles. The maximum atomic E-state index is 11.7. The molecule has 0 radical (unpaired) electrons. The van der Waals surface area contributed by atoms with Crippen molar-refractivity contribution in [1.82, 2.24) is 0 Å². The Morgan fingerprint density at radius 1 is 0.643 bits per heavy atom. The van der Waals surface area contributed by atoms with Gasteiger partial charge in [0.1, 0.15) is 0 Å². The van der Waals surface area contributed by atoms with Crippen LogP contribution in [-0.2, 0) is 38.1 Å². The first kappa shape index (κ1) is 25.9. The topological polar surface area (TPSA) is 105 Å². The number of esters is 4. The Bertz CT molecular complexity index is 445. The smallest absolute Gasteiger partial charge is 0.347 e. The van der Waals surface area contributed by atoms with Crippen molar-refractivity contribution in [3.05, 3.63) is 0 Å². The maximum Gasteiger partial charge on any atom is 0.347 e. The highest BCUT2D eigenvalue weighted by atomic mass is 16.6. The highest BCUT2D eigenvalue weighted by molar-refractivity contribution is 5.79. The van der Waals surface area contributed by atoms with Gasteiger partial charge >= 0.3 is 23.9 Å². The Hall–Kier alpha value is -2.12. The Kier molecular flexibility index (Phi) is 14.7. The summed E-state index contributed by atoms with van der Waals surface area (Å²) in [5, 5.41) is 0. The molecule has 0 rings (SSSR count). The van der Waals surface area contributed by atoms with Crippen LogP contribution in [-0.4, -0.2) is 49.3 Å². The van der Waals surface area contributed by atoms with Crippen LogP contribution in [0, 0.1) is 0 Å². The van der Waals surface area contributed by atoms with Crippen LogP contribution in [0.4, 0.5) is 0 Å². The zero-order valence-electron chi connectivity index (χ0n) is 17.5. The van der Waals surface area contributed by atoms with E-state index >= 15 is 0 Å². The number of carbonyl (C=O) groups excluding carboxylic acids is 4. The molecule has 162 valence electrons. The summed E-state index contributed by atoms with van der Waals surface area (Å²) in [5.74, 6) is -2.18. The molecule has 0 saturated carbocycles. The molecule has 0 aliphatic rings. The van der Waals surface area contributed by atoms with E-state index in [-0.39, 0.29) is 12.8 Å². The highest BCUT2D eigenvalue weighted by Gasteiger charge is 2.20. The molecule has 0 spiro atoms. The number of rotatable bonds is 15. The van der Waals surface area contributed by atoms with Crippen molar-refractivity contribution < 1.29 is 38.1 Å². The molecule has 0 aromatic heterocycles. The van der Waals surface area contributed by atoms with Crippen molar-refractivity contribution in [1.29, 1.82) is 0 Å². The standard InChI is InChI=1S/C20H34O8/c1-5-7-13-25-19(23)15(3)27-17(21)11-9-10-12-18(22)28-16(4)20(24)26-14-8-6-2/h15-16H,5-14H2,1-4H3. The summed E-state index contributed by atoms with van der Waals surface area (Å²) in [4.78, 5) is 46.7. The number of hydrogen-bond acceptors (Lipinski definition) is 8. The second-order valence-electron chi connectivity index (χ2n) is 6.51. The molecule has 0 fully saturated rings. The van der Waals surface area contributed by atoms with Crippen LogP contribution >= 0.6 is 0 Å². The Balaban J connectivity index is 3.89. The van der Waals surface area contributed by atoms with Gasteiger partial charge in [0.05, 0.1) is 13.2 Å². The molecule has 28 heavy (non-hydrogen) atoms. The van der Waals surface area contributed by atoms with Gasteiger partial charge in [-0.15, -0.1) is 0 Å². The second-order valence-corrected chi connectivity index (χ2v) is 6.51. The summed E-state index contributed by atoms with van der Waals surface area (Å²) in [7, 11) is 0. The van der Waals surface area contributed by atoms with E-state index in [0.29, 0.717) is 26.1 Å². The highest BCUT2D eigenvalue weighted by Crippen LogP contribution is 2.07. The summed E-state index contributed by atoms with van der Waals surface area (Å²) in [5.41, 5.74) is 0. The number of ether oxygens (including phenoxy) is 4. The van der Waals surface area contributed by atoms with Crippen molar-refractivity contribution in [2.45, 2.75) is 91.3 Å². The van der Waals surface area contributed by atoms with Crippen molar-refractivity contribution in [2.75, 3.05) is 13.2 Å². The van der Waals surface area contributed by atoms with Crippen molar-refractivity contribution >= 4 is 23.9 Å². The molecule has 0 bridgehead atoms. The largest absolute Gasteiger partial charge is 0.463 e. The molecule has 0 aliphatic carbocycles. The molecule has 8 heteroatoms. The van der Waals surface area contributed by atoms with Crippen LogP contribution in [0.5, 0.6) is 0 Å². The van der Waals surface area contributed by atoms with Gasteiger partial charge in [-0.1, -0.05) is 26.7 Å². The summed E-state index contributed by atoms with van der Waals surface area (Å²) < 4.78 is 20.0. The molecule has 2 unspecified atom stereocenters. The summed E-state index contributed by atoms with van der Waals surface area (Å²) >= 11 is 0. The first-order chi connectivity index (χ1) is 13.3. The molecule has 0 N–H and O–H groups in total. The van der Waals surface area contributed by atoms with Crippen LogP contribution < -0.4 is 0 Å². The average Bonchev–Trinajstić information content (AvgIpc) is 2.65. The van der Waals surface area contributed by atoms with Gasteiger partial charge in [-0.25, -0.2) is 9.59 Å². The first-order valence-corrected chi connectivity index (χ1v) is 10.0. The van der Waals surface area contributed by atoms with Crippen LogP contribution in [0.2, 0.25) is 0 Å². The van der Waals surface area contributed by atoms with E-state index in [1.165, 1.54) is 13.8 Å². The van der Waals surface area contributed by atoms with E-state index in [2.05, 4.69) is 0 Å². The average molecular weight is 402 g/mol. The van der Waals surface area contributed by atoms with Gasteiger partial charge in [-0.2, -0.15) is 0 Å². The minimum Gasteiger partial charge on any atom is -0.463 e. The maximum absolute atomic E-state index is 11.7. The van der Waals surface area contributed by atoms with E-state index < -0.39 is 36.1 Å². The second kappa shape index (κ2) is 15.9. The Morgan fingerprint density at radius 3 is 1.32 bits per heavy atom. The molecule has 8 nitrogen and oxygen atoms in total. The number of hydrogen-bond donors (Lipinski definition) is 0. The molecular formula is C20H34O8. The predicted molar refractivity (Wildman–Crippen MR) is 101 cm³/mol. The lowest BCUT2D eigenvalue weighted by Gasteiger charge is -2.13. The van der Waals surface area contributed by atoms with Gasteiger partial charge in [0.15, 0.2) is 12.2 Å². The zero-order valence-corrected chi connectivity index (χ0v) is 17.5. The third-order valence-electron chi connectivity index (χ3n) is 3.78. The quantitative estimate of drug-likeness (QED) is 0.234. The van der Waals surface area contributed by atoms with E-state index in [4.69, 9.17) is 18.9 Å². The summed E-state index contributed by atoms with van der Waals surface area (Å²) in [6.07, 6.45) is 2.40. The lowest BCUT2D eigenvalue weighted by atomic mass is 10.2. The normalized spacial score (nSPS) is 12.6. The van der Waals surface area contributed by atoms with E-state index in [1.54, 1.807) is 0 Å². The van der Waals surface area contributed by atoms with E-state index in [0.717, 1.165) is 25.7 Å². The van der Waals surface area contributed by atoms with Gasteiger partial charge in [-0.3, -0.25) is 9.59 Å². The SMILES string of the molecule is CCCCOC(=O)C(C)OC(=O)CCCCC(=O)OC(C)C(=O)OCCCC. The number of carbonyl (C=O) groups is 4. The van der Waals surface area contributed by atoms with Gasteiger partial charge in [0.25, 0.3) is 0 Å². The lowest BCUT2D eigenvalue weighted by molar-refractivity contribution is -0.167. The zero-order chi connectivity index (χ0) is 21.4. The van der Waals surface area contributed by atoms with Crippen LogP contribution in [0.25, 0.3) is 0 Å². The third-order valence-corrected chi connectivity index (χ3v) is 3.78. The van der Waals surface area contributed by atoms with Crippen molar-refractivity contribution in [3.63, 3.8) is 0 Å². The fraction of sp³-hybridized carbons (Fsp3) is 0.800. The fourth-order valence-corrected chi connectivity index (χ4v) is 2.02. The molecule has 2 atom stereocenters. The van der Waals surface area contributed by atoms with Gasteiger partial charge in [0.2, 0.25) is 0 Å². The molecule has 0 heterocycles. The lowest BCUT2D eigenvalue weighted by Crippen LogP contribution is -2.27. The van der Waals surface area contributed by atoms with Gasteiger partial charge in [-0.05, 0) is 39.5 Å². The predicted octanol–water partition coefficient (Wildman–Crippen LogP) is 3.10. The van der Waals surface area contributed by atoms with Crippen molar-refractivity contribution in [3.8, 4) is 0 Å². The molecule has 0 amide bonds. The molecule has 0 aromatic carbocycles. The Morgan fingerprint density at radius 2 is 1.00 bits per heavy atom. The third kappa shape index (κ3) is 13.1. The monoisotopic (exact) mass is 402 g/mol. The molecular weight excluding hydrogens is 368 g/mol. The van der Waals surface area contributed by atoms with Crippen LogP contribution in [0.1, 0.15) is 79.1 Å².